The fourth-order valence-electron chi connectivity index (χ4n) is 1.06. The molecule has 0 fully saturated rings. The van der Waals surface area contributed by atoms with Gasteiger partial charge < -0.3 is 0 Å². The predicted octanol–water partition coefficient (Wildman–Crippen LogP) is 2.77. The van der Waals surface area contributed by atoms with Crippen LogP contribution in [0.15, 0.2) is 23.8 Å². The third-order valence-corrected chi connectivity index (χ3v) is 1.71. The van der Waals surface area contributed by atoms with Crippen LogP contribution in [0.4, 0.5) is 0 Å². The Morgan fingerprint density at radius 2 is 2.00 bits per heavy atom. The molecule has 0 nitrogen and oxygen atoms in total. The van der Waals surface area contributed by atoms with Crippen molar-refractivity contribution in [3.8, 4) is 0 Å². The first-order valence-electron chi connectivity index (χ1n) is 3.60. The summed E-state index contributed by atoms with van der Waals surface area (Å²) in [5, 5.41) is 0. The molecule has 0 saturated heterocycles. The van der Waals surface area contributed by atoms with Crippen LogP contribution in [-0.4, -0.2) is 0 Å². The molecule has 1 unspecified atom stereocenters. The van der Waals surface area contributed by atoms with E-state index >= 15 is 0 Å². The van der Waals surface area contributed by atoms with Gasteiger partial charge in [0.25, 0.3) is 0 Å². The Labute approximate surface area is 78.3 Å². The molecule has 0 saturated carbocycles. The summed E-state index contributed by atoms with van der Waals surface area (Å²) in [6, 6.07) is 0. The van der Waals surface area contributed by atoms with Crippen molar-refractivity contribution in [3.63, 3.8) is 0 Å². The summed E-state index contributed by atoms with van der Waals surface area (Å²) in [4.78, 5) is 0. The first-order chi connectivity index (χ1) is 4.20. The second-order valence-corrected chi connectivity index (χ2v) is 3.04. The Morgan fingerprint density at radius 1 is 1.40 bits per heavy atom. The molecule has 1 aliphatic rings. The summed E-state index contributed by atoms with van der Waals surface area (Å²) in [5.41, 5.74) is 1.49. The fourth-order valence-corrected chi connectivity index (χ4v) is 1.06. The normalized spacial score (nSPS) is 22.8. The maximum absolute atomic E-state index is 2.32. The van der Waals surface area contributed by atoms with E-state index in [1.54, 1.807) is 0 Å². The first kappa shape index (κ1) is 10.2. The standard InChI is InChI=1S/C9H14.Ti/c1-7(2)9-5-4-8(3)6-9;/h4-8H,1-3H3;. The molecule has 1 atom stereocenters. The van der Waals surface area contributed by atoms with Crippen molar-refractivity contribution in [2.24, 2.45) is 11.8 Å². The second kappa shape index (κ2) is 4.15. The van der Waals surface area contributed by atoms with Crippen LogP contribution < -0.4 is 0 Å². The van der Waals surface area contributed by atoms with Crippen molar-refractivity contribution in [2.75, 3.05) is 0 Å². The molecular formula is C9H14Ti. The minimum atomic E-state index is 0. The van der Waals surface area contributed by atoms with E-state index < -0.39 is 0 Å². The number of hydrogen-bond acceptors (Lipinski definition) is 0. The van der Waals surface area contributed by atoms with Gasteiger partial charge in [-0.05, 0) is 17.4 Å². The SMILES string of the molecule is CC1C=CC(C(C)C)=C1.[Ti]. The molecule has 1 aliphatic carbocycles. The van der Waals surface area contributed by atoms with Crippen molar-refractivity contribution < 1.29 is 21.7 Å². The zero-order valence-corrected chi connectivity index (χ0v) is 8.45. The molecule has 0 N–H and O–H groups in total. The second-order valence-electron chi connectivity index (χ2n) is 3.04. The van der Waals surface area contributed by atoms with Crippen LogP contribution in [-0.2, 0) is 21.7 Å². The molecule has 0 amide bonds. The molecule has 10 heavy (non-hydrogen) atoms. The van der Waals surface area contributed by atoms with Crippen LogP contribution in [0, 0.1) is 11.8 Å². The quantitative estimate of drug-likeness (QED) is 0.531. The van der Waals surface area contributed by atoms with Gasteiger partial charge in [-0.1, -0.05) is 39.0 Å². The summed E-state index contributed by atoms with van der Waals surface area (Å²) < 4.78 is 0. The molecular weight excluding hydrogens is 156 g/mol. The van der Waals surface area contributed by atoms with Crippen molar-refractivity contribution in [1.82, 2.24) is 0 Å². The Kier molecular flexibility index (Phi) is 4.23. The topological polar surface area (TPSA) is 0 Å². The Morgan fingerprint density at radius 3 is 2.20 bits per heavy atom. The Bertz CT molecular complexity index is 154. The molecule has 0 aromatic rings. The number of rotatable bonds is 1. The van der Waals surface area contributed by atoms with Gasteiger partial charge in [0.15, 0.2) is 0 Å². The van der Waals surface area contributed by atoms with E-state index in [-0.39, 0.29) is 21.7 Å². The van der Waals surface area contributed by atoms with E-state index in [1.165, 1.54) is 5.57 Å². The summed E-state index contributed by atoms with van der Waals surface area (Å²) in [6.07, 6.45) is 6.80. The maximum atomic E-state index is 2.32. The smallest absolute Gasteiger partial charge is 0 e. The average Bonchev–Trinajstić information content (AvgIpc) is 2.14. The molecule has 1 heteroatoms. The van der Waals surface area contributed by atoms with E-state index in [4.69, 9.17) is 0 Å². The van der Waals surface area contributed by atoms with Gasteiger partial charge in [0, 0.05) is 21.7 Å². The van der Waals surface area contributed by atoms with Crippen LogP contribution >= 0.6 is 0 Å². The molecule has 0 heterocycles. The van der Waals surface area contributed by atoms with Crippen molar-refractivity contribution in [1.29, 1.82) is 0 Å². The van der Waals surface area contributed by atoms with E-state index in [0.717, 1.165) is 0 Å². The van der Waals surface area contributed by atoms with Crippen molar-refractivity contribution >= 4 is 0 Å². The zero-order chi connectivity index (χ0) is 6.85. The van der Waals surface area contributed by atoms with Crippen LogP contribution in [0.5, 0.6) is 0 Å². The molecule has 0 bridgehead atoms. The van der Waals surface area contributed by atoms with Gasteiger partial charge in [-0.2, -0.15) is 0 Å². The molecule has 1 rings (SSSR count). The molecule has 0 aromatic carbocycles. The molecule has 54 valence electrons. The van der Waals surface area contributed by atoms with Gasteiger partial charge in [0.2, 0.25) is 0 Å². The van der Waals surface area contributed by atoms with Crippen molar-refractivity contribution in [3.05, 3.63) is 23.8 Å². The van der Waals surface area contributed by atoms with Gasteiger partial charge in [0.1, 0.15) is 0 Å². The number of hydrogen-bond donors (Lipinski definition) is 0. The Balaban J connectivity index is 0.000000810. The van der Waals surface area contributed by atoms with E-state index in [1.807, 2.05) is 0 Å². The largest absolute Gasteiger partial charge is 0.0776 e. The predicted molar refractivity (Wildman–Crippen MR) is 41.2 cm³/mol. The molecule has 0 radical (unpaired) electrons. The van der Waals surface area contributed by atoms with Crippen LogP contribution in [0.2, 0.25) is 0 Å². The van der Waals surface area contributed by atoms with E-state index in [2.05, 4.69) is 39.0 Å². The van der Waals surface area contributed by atoms with Crippen LogP contribution in [0.3, 0.4) is 0 Å². The number of allylic oxidation sites excluding steroid dienone is 4. The van der Waals surface area contributed by atoms with Gasteiger partial charge in [-0.3, -0.25) is 0 Å². The summed E-state index contributed by atoms with van der Waals surface area (Å²) in [5.74, 6) is 1.37. The van der Waals surface area contributed by atoms with Gasteiger partial charge in [-0.25, -0.2) is 0 Å². The van der Waals surface area contributed by atoms with Crippen LogP contribution in [0.25, 0.3) is 0 Å². The molecule has 0 aromatic heterocycles. The van der Waals surface area contributed by atoms with Crippen molar-refractivity contribution in [2.45, 2.75) is 20.8 Å². The molecule has 0 spiro atoms. The summed E-state index contributed by atoms with van der Waals surface area (Å²) in [6.45, 7) is 6.67. The summed E-state index contributed by atoms with van der Waals surface area (Å²) >= 11 is 0. The average molecular weight is 170 g/mol. The summed E-state index contributed by atoms with van der Waals surface area (Å²) in [7, 11) is 0. The maximum Gasteiger partial charge on any atom is 0 e. The Hall–Kier alpha value is 0.194. The third kappa shape index (κ3) is 2.44. The minimum absolute atomic E-state index is 0. The monoisotopic (exact) mass is 170 g/mol. The van der Waals surface area contributed by atoms with Gasteiger partial charge in [0.05, 0.1) is 0 Å². The van der Waals surface area contributed by atoms with Gasteiger partial charge in [-0.15, -0.1) is 0 Å². The first-order valence-corrected chi connectivity index (χ1v) is 3.60. The molecule has 0 aliphatic heterocycles. The minimum Gasteiger partial charge on any atom is -0.0776 e. The van der Waals surface area contributed by atoms with Gasteiger partial charge >= 0.3 is 0 Å². The van der Waals surface area contributed by atoms with Crippen LogP contribution in [0.1, 0.15) is 20.8 Å². The fraction of sp³-hybridized carbons (Fsp3) is 0.556. The zero-order valence-electron chi connectivity index (χ0n) is 6.89. The third-order valence-electron chi connectivity index (χ3n) is 1.71. The van der Waals surface area contributed by atoms with E-state index in [0.29, 0.717) is 11.8 Å². The van der Waals surface area contributed by atoms with E-state index in [9.17, 15) is 0 Å².